The molecular formula is C17H28F3N3O5Si. The minimum absolute atomic E-state index is 0.0343. The quantitative estimate of drug-likeness (QED) is 0.381. The molecular weight excluding hydrogens is 411 g/mol. The predicted molar refractivity (Wildman–Crippen MR) is 104 cm³/mol. The van der Waals surface area contributed by atoms with Gasteiger partial charge in [0.15, 0.2) is 0 Å². The van der Waals surface area contributed by atoms with Crippen molar-refractivity contribution < 1.29 is 32.5 Å². The van der Waals surface area contributed by atoms with Crippen molar-refractivity contribution in [3.8, 4) is 0 Å². The third kappa shape index (κ3) is 9.41. The van der Waals surface area contributed by atoms with E-state index in [1.165, 1.54) is 0 Å². The van der Waals surface area contributed by atoms with Gasteiger partial charge in [-0.2, -0.15) is 18.3 Å². The molecule has 0 fully saturated rings. The van der Waals surface area contributed by atoms with Crippen LogP contribution in [0.5, 0.6) is 0 Å². The van der Waals surface area contributed by atoms with Gasteiger partial charge in [0.2, 0.25) is 0 Å². The second-order valence-corrected chi connectivity index (χ2v) is 13.5. The molecule has 0 amide bonds. The topological polar surface area (TPSA) is 103 Å². The number of ether oxygens (including phenoxy) is 2. The Labute approximate surface area is 168 Å². The number of nitrogens with zero attached hydrogens (tertiary/aromatic N) is 2. The molecule has 0 aliphatic heterocycles. The zero-order chi connectivity index (χ0) is 22.2. The average molecular weight is 440 g/mol. The fraction of sp³-hybridized carbons (Fsp3) is 0.706. The number of hydrogen-bond acceptors (Lipinski definition) is 6. The molecule has 1 unspecified atom stereocenters. The Balaban J connectivity index is 2.84. The van der Waals surface area contributed by atoms with Crippen molar-refractivity contribution in [3.05, 3.63) is 22.1 Å². The van der Waals surface area contributed by atoms with Gasteiger partial charge in [-0.15, -0.1) is 0 Å². The molecule has 0 aromatic carbocycles. The molecule has 0 aliphatic carbocycles. The van der Waals surface area contributed by atoms with E-state index < -0.39 is 43.1 Å². The Morgan fingerprint density at radius 2 is 1.97 bits per heavy atom. The van der Waals surface area contributed by atoms with Crippen LogP contribution in [0.2, 0.25) is 25.7 Å². The highest BCUT2D eigenvalue weighted by Crippen LogP contribution is 2.31. The normalized spacial score (nSPS) is 13.3. The number of carboxylic acids is 1. The van der Waals surface area contributed by atoms with E-state index in [1.807, 2.05) is 0 Å². The fourth-order valence-corrected chi connectivity index (χ4v) is 2.98. The first kappa shape index (κ1) is 25.1. The van der Waals surface area contributed by atoms with Crippen molar-refractivity contribution in [1.82, 2.24) is 9.78 Å². The van der Waals surface area contributed by atoms with Crippen LogP contribution in [0.4, 0.5) is 18.9 Å². The van der Waals surface area contributed by atoms with E-state index in [9.17, 15) is 22.8 Å². The molecule has 1 aromatic rings. The average Bonchev–Trinajstić information content (AvgIpc) is 2.55. The Hall–Kier alpha value is -1.92. The van der Waals surface area contributed by atoms with E-state index in [0.717, 1.165) is 12.2 Å². The summed E-state index contributed by atoms with van der Waals surface area (Å²) in [5, 5.41) is 14.9. The van der Waals surface area contributed by atoms with Crippen molar-refractivity contribution in [2.24, 2.45) is 0 Å². The Kier molecular flexibility index (Phi) is 9.30. The molecule has 12 heteroatoms. The number of rotatable bonds is 12. The van der Waals surface area contributed by atoms with Crippen LogP contribution in [-0.2, 0) is 27.2 Å². The van der Waals surface area contributed by atoms with E-state index in [1.54, 1.807) is 6.92 Å². The number of carboxylic acid groups (broad SMARTS) is 1. The maximum absolute atomic E-state index is 13.5. The van der Waals surface area contributed by atoms with Crippen LogP contribution < -0.4 is 10.9 Å². The van der Waals surface area contributed by atoms with Crippen LogP contribution in [-0.4, -0.2) is 54.8 Å². The number of alkyl halides is 3. The Bertz CT molecular complexity index is 734. The first-order valence-electron chi connectivity index (χ1n) is 9.12. The summed E-state index contributed by atoms with van der Waals surface area (Å²) < 4.78 is 51.5. The lowest BCUT2D eigenvalue weighted by Gasteiger charge is -2.20. The molecule has 0 saturated carbocycles. The molecule has 0 radical (unpaired) electrons. The molecule has 29 heavy (non-hydrogen) atoms. The lowest BCUT2D eigenvalue weighted by molar-refractivity contribution is -0.139. The van der Waals surface area contributed by atoms with Crippen LogP contribution >= 0.6 is 0 Å². The molecule has 0 aliphatic rings. The third-order valence-electron chi connectivity index (χ3n) is 3.77. The van der Waals surface area contributed by atoms with Crippen LogP contribution in [0, 0.1) is 0 Å². The minimum Gasteiger partial charge on any atom is -0.481 e. The summed E-state index contributed by atoms with van der Waals surface area (Å²) in [4.78, 5) is 22.7. The summed E-state index contributed by atoms with van der Waals surface area (Å²) in [7, 11) is -1.36. The maximum Gasteiger partial charge on any atom is 0.423 e. The first-order valence-corrected chi connectivity index (χ1v) is 12.8. The SMILES string of the molecule is CC(COCCC(=O)O)Nc1cnn(COCC[Si](C)(C)C)c(=O)c1C(F)(F)F. The van der Waals surface area contributed by atoms with Crippen molar-refractivity contribution in [2.75, 3.05) is 25.1 Å². The van der Waals surface area contributed by atoms with Gasteiger partial charge in [0.25, 0.3) is 5.56 Å². The van der Waals surface area contributed by atoms with Crippen molar-refractivity contribution in [3.63, 3.8) is 0 Å². The summed E-state index contributed by atoms with van der Waals surface area (Å²) in [6, 6.07) is 0.211. The van der Waals surface area contributed by atoms with E-state index in [2.05, 4.69) is 30.1 Å². The lowest BCUT2D eigenvalue weighted by Crippen LogP contribution is -2.34. The number of anilines is 1. The van der Waals surface area contributed by atoms with Gasteiger partial charge in [0, 0.05) is 20.7 Å². The van der Waals surface area contributed by atoms with E-state index >= 15 is 0 Å². The number of halogens is 3. The van der Waals surface area contributed by atoms with Gasteiger partial charge in [0.05, 0.1) is 31.5 Å². The zero-order valence-corrected chi connectivity index (χ0v) is 18.0. The van der Waals surface area contributed by atoms with Gasteiger partial charge in [-0.25, -0.2) is 4.68 Å². The molecule has 2 N–H and O–H groups in total. The number of carbonyl (C=O) groups is 1. The number of aromatic nitrogens is 2. The number of hydrogen-bond donors (Lipinski definition) is 2. The van der Waals surface area contributed by atoms with E-state index in [-0.39, 0.29) is 26.4 Å². The molecule has 1 rings (SSSR count). The van der Waals surface area contributed by atoms with Gasteiger partial charge in [-0.3, -0.25) is 9.59 Å². The smallest absolute Gasteiger partial charge is 0.423 e. The highest BCUT2D eigenvalue weighted by atomic mass is 28.3. The summed E-state index contributed by atoms with van der Waals surface area (Å²) in [5.74, 6) is -1.04. The second-order valence-electron chi connectivity index (χ2n) is 7.85. The lowest BCUT2D eigenvalue weighted by atomic mass is 10.2. The van der Waals surface area contributed by atoms with E-state index in [4.69, 9.17) is 14.6 Å². The molecule has 1 atom stereocenters. The molecule has 1 heterocycles. The molecule has 0 spiro atoms. The molecule has 8 nitrogen and oxygen atoms in total. The predicted octanol–water partition coefficient (Wildman–Crippen LogP) is 2.87. The largest absolute Gasteiger partial charge is 0.481 e. The third-order valence-corrected chi connectivity index (χ3v) is 5.47. The van der Waals surface area contributed by atoms with Crippen LogP contribution in [0.15, 0.2) is 11.0 Å². The van der Waals surface area contributed by atoms with Crippen molar-refractivity contribution in [2.45, 2.75) is 58.0 Å². The summed E-state index contributed by atoms with van der Waals surface area (Å²) >= 11 is 0. The molecule has 0 saturated heterocycles. The number of nitrogens with one attached hydrogen (secondary N) is 1. The summed E-state index contributed by atoms with van der Waals surface area (Å²) in [6.45, 7) is 7.83. The van der Waals surface area contributed by atoms with Crippen LogP contribution in [0.1, 0.15) is 18.9 Å². The molecule has 166 valence electrons. The van der Waals surface area contributed by atoms with Crippen molar-refractivity contribution in [1.29, 1.82) is 0 Å². The Morgan fingerprint density at radius 1 is 1.31 bits per heavy atom. The van der Waals surface area contributed by atoms with E-state index in [0.29, 0.717) is 11.3 Å². The fourth-order valence-electron chi connectivity index (χ4n) is 2.22. The Morgan fingerprint density at radius 3 is 2.52 bits per heavy atom. The van der Waals surface area contributed by atoms with Crippen LogP contribution in [0.25, 0.3) is 0 Å². The summed E-state index contributed by atoms with van der Waals surface area (Å²) in [5.41, 5.74) is -3.12. The van der Waals surface area contributed by atoms with Crippen molar-refractivity contribution >= 4 is 19.7 Å². The van der Waals surface area contributed by atoms with Gasteiger partial charge < -0.3 is 19.9 Å². The second kappa shape index (κ2) is 10.7. The molecule has 1 aromatic heterocycles. The zero-order valence-electron chi connectivity index (χ0n) is 17.0. The minimum atomic E-state index is -4.88. The monoisotopic (exact) mass is 439 g/mol. The van der Waals surface area contributed by atoms with Crippen LogP contribution in [0.3, 0.4) is 0 Å². The highest BCUT2D eigenvalue weighted by molar-refractivity contribution is 6.76. The number of aliphatic carboxylic acids is 1. The van der Waals surface area contributed by atoms with Gasteiger partial charge in [-0.1, -0.05) is 19.6 Å². The molecule has 0 bridgehead atoms. The van der Waals surface area contributed by atoms with Gasteiger partial charge in [0.1, 0.15) is 12.3 Å². The maximum atomic E-state index is 13.5. The summed E-state index contributed by atoms with van der Waals surface area (Å²) in [6.07, 6.45) is -4.16. The first-order chi connectivity index (χ1) is 13.3. The standard InChI is InChI=1S/C17H28F3N3O5Si/c1-12(10-27-6-5-14(24)25)22-13-9-21-23(11-28-7-8-29(2,3)4)16(26)15(13)17(18,19)20/h9,12,22H,5-8,10-11H2,1-4H3,(H,24,25). The van der Waals surface area contributed by atoms with Gasteiger partial charge >= 0.3 is 12.1 Å². The highest BCUT2D eigenvalue weighted by Gasteiger charge is 2.38. The van der Waals surface area contributed by atoms with Gasteiger partial charge in [-0.05, 0) is 13.0 Å².